The zero-order valence-corrected chi connectivity index (χ0v) is 7.29. The molecule has 56 valence electrons. The molecule has 1 aromatic rings. The highest BCUT2D eigenvalue weighted by atomic mass is 35.5. The van der Waals surface area contributed by atoms with Gasteiger partial charge in [0.1, 0.15) is 6.07 Å². The molecule has 4 heteroatoms. The van der Waals surface area contributed by atoms with Gasteiger partial charge in [0, 0.05) is 4.88 Å². The molecule has 0 saturated heterocycles. The van der Waals surface area contributed by atoms with E-state index in [4.69, 9.17) is 16.9 Å². The van der Waals surface area contributed by atoms with Crippen LogP contribution in [0.15, 0.2) is 0 Å². The zero-order chi connectivity index (χ0) is 8.43. The summed E-state index contributed by atoms with van der Waals surface area (Å²) < 4.78 is 0. The standard InChI is InChI=1S/C7H4ClNOS/c1-4-5(2-9)7(8)6(3-10)11-4/h3H,1H3. The molecule has 0 unspecified atom stereocenters. The highest BCUT2D eigenvalue weighted by molar-refractivity contribution is 7.14. The molecule has 1 aromatic heterocycles. The van der Waals surface area contributed by atoms with E-state index in [1.54, 1.807) is 6.92 Å². The fraction of sp³-hybridized carbons (Fsp3) is 0.143. The SMILES string of the molecule is Cc1sc(C=O)c(Cl)c1C#N. The number of thiophene rings is 1. The predicted molar refractivity (Wildman–Crippen MR) is 44.2 cm³/mol. The molecule has 1 rings (SSSR count). The summed E-state index contributed by atoms with van der Waals surface area (Å²) in [5.41, 5.74) is 0.416. The van der Waals surface area contributed by atoms with Gasteiger partial charge in [0.2, 0.25) is 0 Å². The fourth-order valence-corrected chi connectivity index (χ4v) is 1.96. The number of carbonyl (C=O) groups is 1. The highest BCUT2D eigenvalue weighted by Crippen LogP contribution is 2.30. The number of carbonyl (C=O) groups excluding carboxylic acids is 1. The quantitative estimate of drug-likeness (QED) is 0.631. The Balaban J connectivity index is 3.39. The van der Waals surface area contributed by atoms with Crippen LogP contribution in [0.5, 0.6) is 0 Å². The van der Waals surface area contributed by atoms with Gasteiger partial charge < -0.3 is 0 Å². The third kappa shape index (κ3) is 1.28. The van der Waals surface area contributed by atoms with Crippen LogP contribution in [0.4, 0.5) is 0 Å². The van der Waals surface area contributed by atoms with Crippen molar-refractivity contribution >= 4 is 29.2 Å². The molecule has 0 radical (unpaired) electrons. The van der Waals surface area contributed by atoms with Crippen LogP contribution in [0.3, 0.4) is 0 Å². The maximum atomic E-state index is 10.3. The van der Waals surface area contributed by atoms with Crippen LogP contribution in [0.1, 0.15) is 20.1 Å². The minimum absolute atomic E-state index is 0.282. The van der Waals surface area contributed by atoms with Crippen LogP contribution in [-0.2, 0) is 0 Å². The van der Waals surface area contributed by atoms with Crippen molar-refractivity contribution in [1.82, 2.24) is 0 Å². The van der Waals surface area contributed by atoms with Crippen LogP contribution in [0, 0.1) is 18.3 Å². The second-order valence-electron chi connectivity index (χ2n) is 1.94. The van der Waals surface area contributed by atoms with Crippen molar-refractivity contribution in [2.75, 3.05) is 0 Å². The summed E-state index contributed by atoms with van der Waals surface area (Å²) in [5, 5.41) is 8.85. The van der Waals surface area contributed by atoms with Crippen molar-refractivity contribution < 1.29 is 4.79 Å². The van der Waals surface area contributed by atoms with Gasteiger partial charge in [-0.2, -0.15) is 5.26 Å². The number of aryl methyl sites for hydroxylation is 1. The van der Waals surface area contributed by atoms with Crippen molar-refractivity contribution in [1.29, 1.82) is 5.26 Å². The third-order valence-corrected chi connectivity index (χ3v) is 2.80. The van der Waals surface area contributed by atoms with E-state index in [2.05, 4.69) is 0 Å². The van der Waals surface area contributed by atoms with Crippen molar-refractivity contribution in [2.45, 2.75) is 6.92 Å². The van der Waals surface area contributed by atoms with Crippen LogP contribution in [-0.4, -0.2) is 6.29 Å². The first-order chi connectivity index (χ1) is 5.20. The molecule has 0 fully saturated rings. The minimum atomic E-state index is 0.282. The van der Waals surface area contributed by atoms with Gasteiger partial charge in [0.15, 0.2) is 6.29 Å². The molecule has 0 spiro atoms. The number of rotatable bonds is 1. The van der Waals surface area contributed by atoms with Crippen LogP contribution < -0.4 is 0 Å². The lowest BCUT2D eigenvalue weighted by molar-refractivity contribution is 0.112. The Morgan fingerprint density at radius 2 is 2.36 bits per heavy atom. The van der Waals surface area contributed by atoms with Crippen LogP contribution >= 0.6 is 22.9 Å². The number of hydrogen-bond donors (Lipinski definition) is 0. The number of halogens is 1. The molecule has 1 heterocycles. The van der Waals surface area contributed by atoms with Crippen molar-refractivity contribution in [3.63, 3.8) is 0 Å². The number of nitriles is 1. The first kappa shape index (κ1) is 8.25. The summed E-state index contributed by atoms with van der Waals surface area (Å²) in [6, 6.07) is 1.94. The monoisotopic (exact) mass is 185 g/mol. The van der Waals surface area contributed by atoms with E-state index >= 15 is 0 Å². The summed E-state index contributed by atoms with van der Waals surface area (Å²) in [4.78, 5) is 11.5. The molecule has 0 aliphatic carbocycles. The van der Waals surface area contributed by atoms with Crippen molar-refractivity contribution in [3.05, 3.63) is 20.3 Å². The molecule has 0 bridgehead atoms. The lowest BCUT2D eigenvalue weighted by Gasteiger charge is -1.82. The summed E-state index contributed by atoms with van der Waals surface area (Å²) in [5.74, 6) is 0. The Morgan fingerprint density at radius 1 is 1.73 bits per heavy atom. The van der Waals surface area contributed by atoms with E-state index in [-0.39, 0.29) is 5.02 Å². The Morgan fingerprint density at radius 3 is 2.64 bits per heavy atom. The summed E-state index contributed by atoms with van der Waals surface area (Å²) in [6.07, 6.45) is 0.667. The van der Waals surface area contributed by atoms with Gasteiger partial charge in [0.05, 0.1) is 15.5 Å². The molecule has 0 amide bonds. The van der Waals surface area contributed by atoms with Gasteiger partial charge in [-0.05, 0) is 6.92 Å². The topological polar surface area (TPSA) is 40.9 Å². The van der Waals surface area contributed by atoms with Gasteiger partial charge in [0.25, 0.3) is 0 Å². The average Bonchev–Trinajstić information content (AvgIpc) is 2.26. The maximum Gasteiger partial charge on any atom is 0.161 e. The summed E-state index contributed by atoms with van der Waals surface area (Å²) in [7, 11) is 0. The first-order valence-electron chi connectivity index (χ1n) is 2.85. The van der Waals surface area contributed by atoms with Gasteiger partial charge in [-0.25, -0.2) is 0 Å². The third-order valence-electron chi connectivity index (χ3n) is 1.27. The Labute approximate surface area is 73.0 Å². The Bertz CT molecular complexity index is 337. The minimum Gasteiger partial charge on any atom is -0.297 e. The predicted octanol–water partition coefficient (Wildman–Crippen LogP) is 2.39. The Kier molecular flexibility index (Phi) is 2.28. The van der Waals surface area contributed by atoms with E-state index in [9.17, 15) is 4.79 Å². The molecule has 2 nitrogen and oxygen atoms in total. The largest absolute Gasteiger partial charge is 0.297 e. The van der Waals surface area contributed by atoms with E-state index in [1.165, 1.54) is 11.3 Å². The molecule has 0 aliphatic rings. The van der Waals surface area contributed by atoms with E-state index < -0.39 is 0 Å². The number of hydrogen-bond acceptors (Lipinski definition) is 3. The van der Waals surface area contributed by atoms with E-state index in [1.807, 2.05) is 6.07 Å². The molecule has 11 heavy (non-hydrogen) atoms. The van der Waals surface area contributed by atoms with Gasteiger partial charge in [-0.3, -0.25) is 4.79 Å². The smallest absolute Gasteiger partial charge is 0.161 e. The highest BCUT2D eigenvalue weighted by Gasteiger charge is 2.11. The van der Waals surface area contributed by atoms with Gasteiger partial charge >= 0.3 is 0 Å². The molecule has 0 atom stereocenters. The first-order valence-corrected chi connectivity index (χ1v) is 4.04. The second-order valence-corrected chi connectivity index (χ2v) is 3.58. The number of nitrogens with zero attached hydrogens (tertiary/aromatic N) is 1. The fourth-order valence-electron chi connectivity index (χ4n) is 0.742. The van der Waals surface area contributed by atoms with Gasteiger partial charge in [-0.15, -0.1) is 11.3 Å². The lowest BCUT2D eigenvalue weighted by atomic mass is 10.3. The van der Waals surface area contributed by atoms with E-state index in [0.29, 0.717) is 16.7 Å². The molecular formula is C7H4ClNOS. The zero-order valence-electron chi connectivity index (χ0n) is 5.72. The van der Waals surface area contributed by atoms with E-state index in [0.717, 1.165) is 4.88 Å². The molecule has 0 saturated carbocycles. The molecular weight excluding hydrogens is 182 g/mol. The normalized spacial score (nSPS) is 9.18. The van der Waals surface area contributed by atoms with Crippen LogP contribution in [0.2, 0.25) is 5.02 Å². The average molecular weight is 186 g/mol. The molecule has 0 aliphatic heterocycles. The molecule has 0 aromatic carbocycles. The second kappa shape index (κ2) is 3.04. The number of aldehydes is 1. The van der Waals surface area contributed by atoms with Crippen molar-refractivity contribution in [2.24, 2.45) is 0 Å². The maximum absolute atomic E-state index is 10.3. The van der Waals surface area contributed by atoms with Crippen LogP contribution in [0.25, 0.3) is 0 Å². The van der Waals surface area contributed by atoms with Crippen molar-refractivity contribution in [3.8, 4) is 6.07 Å². The lowest BCUT2D eigenvalue weighted by Crippen LogP contribution is -1.74. The summed E-state index contributed by atoms with van der Waals surface area (Å²) >= 11 is 6.93. The van der Waals surface area contributed by atoms with Gasteiger partial charge in [-0.1, -0.05) is 11.6 Å². The molecule has 0 N–H and O–H groups in total. The summed E-state index contributed by atoms with van der Waals surface area (Å²) in [6.45, 7) is 1.77. The Hall–Kier alpha value is -0.850.